The van der Waals surface area contributed by atoms with Gasteiger partial charge in [-0.2, -0.15) is 0 Å². The second-order valence-electron chi connectivity index (χ2n) is 11.4. The zero-order valence-electron chi connectivity index (χ0n) is 22.4. The standard InChI is InChI=1S/C26H39N7O3S/c1-26(2,3)36-25(34)31-12-10-30(11-13-31)22-8-7-19(14-27-22)16-33(35)17-20-15-28-24(37-4)29-23(20)32-9-5-6-21(32)18-33/h7-8,14-15,21,24,28H,5-6,9-13,16-18H2,1-4H3/t21?,24-,33?/m0/s1. The summed E-state index contributed by atoms with van der Waals surface area (Å²) in [6.45, 7) is 10.6. The fraction of sp³-hybridized carbons (Fsp3) is 0.654. The summed E-state index contributed by atoms with van der Waals surface area (Å²) in [5.41, 5.74) is 1.47. The number of carbonyl (C=O) groups excluding carboxylic acids is 1. The van der Waals surface area contributed by atoms with Crippen molar-refractivity contribution in [1.29, 1.82) is 0 Å². The Morgan fingerprint density at radius 1 is 1.24 bits per heavy atom. The van der Waals surface area contributed by atoms with Crippen molar-refractivity contribution in [2.24, 2.45) is 4.99 Å². The molecule has 11 heteroatoms. The smallest absolute Gasteiger partial charge is 0.410 e. The van der Waals surface area contributed by atoms with Crippen LogP contribution in [0.5, 0.6) is 0 Å². The van der Waals surface area contributed by atoms with Gasteiger partial charge in [0.1, 0.15) is 30.3 Å². The molecule has 0 saturated carbocycles. The minimum Gasteiger partial charge on any atom is -0.632 e. The van der Waals surface area contributed by atoms with Crippen LogP contribution in [-0.4, -0.2) is 101 Å². The molecule has 202 valence electrons. The van der Waals surface area contributed by atoms with E-state index in [0.29, 0.717) is 45.8 Å². The molecule has 1 N–H and O–H groups in total. The van der Waals surface area contributed by atoms with Crippen molar-refractivity contribution in [3.8, 4) is 0 Å². The van der Waals surface area contributed by atoms with Gasteiger partial charge in [0.2, 0.25) is 0 Å². The third kappa shape index (κ3) is 5.99. The van der Waals surface area contributed by atoms with Gasteiger partial charge in [0.15, 0.2) is 5.50 Å². The fourth-order valence-electron chi connectivity index (χ4n) is 5.62. The first-order chi connectivity index (χ1) is 17.6. The van der Waals surface area contributed by atoms with Crippen molar-refractivity contribution in [2.75, 3.05) is 57.0 Å². The Hall–Kier alpha value is -2.50. The molecule has 0 aromatic carbocycles. The SMILES string of the molecule is CS[C@@H]1N=C2C(=CN1)C[N+]([O-])(Cc1ccc(N3CCN(C(=O)OC(C)(C)C)CC3)nc1)CC1CCCN21. The maximum Gasteiger partial charge on any atom is 0.410 e. The highest BCUT2D eigenvalue weighted by atomic mass is 32.2. The molecule has 0 aliphatic carbocycles. The average Bonchev–Trinajstić information content (AvgIpc) is 3.26. The molecule has 0 radical (unpaired) electrons. The first kappa shape index (κ1) is 26.1. The zero-order chi connectivity index (χ0) is 26.2. The number of hydrogen-bond donors (Lipinski definition) is 1. The molecule has 5 rings (SSSR count). The summed E-state index contributed by atoms with van der Waals surface area (Å²) < 4.78 is 5.20. The van der Waals surface area contributed by atoms with Crippen LogP contribution < -0.4 is 10.2 Å². The van der Waals surface area contributed by atoms with Crippen molar-refractivity contribution >= 4 is 29.5 Å². The van der Waals surface area contributed by atoms with E-state index in [-0.39, 0.29) is 22.3 Å². The molecule has 0 bridgehead atoms. The first-order valence-corrected chi connectivity index (χ1v) is 14.5. The quantitative estimate of drug-likeness (QED) is 0.470. The molecule has 37 heavy (non-hydrogen) atoms. The van der Waals surface area contributed by atoms with Gasteiger partial charge in [0.25, 0.3) is 0 Å². The number of rotatable bonds is 4. The highest BCUT2D eigenvalue weighted by Crippen LogP contribution is 2.32. The Balaban J connectivity index is 1.23. The van der Waals surface area contributed by atoms with E-state index >= 15 is 0 Å². The minimum absolute atomic E-state index is 0.00870. The van der Waals surface area contributed by atoms with Crippen LogP contribution in [0.1, 0.15) is 39.2 Å². The largest absolute Gasteiger partial charge is 0.632 e. The van der Waals surface area contributed by atoms with Gasteiger partial charge in [0.05, 0.1) is 18.2 Å². The van der Waals surface area contributed by atoms with Gasteiger partial charge in [-0.05, 0) is 52.0 Å². The molecular formula is C26H39N7O3S. The van der Waals surface area contributed by atoms with Gasteiger partial charge in [-0.1, -0.05) is 0 Å². The van der Waals surface area contributed by atoms with E-state index in [0.717, 1.165) is 42.2 Å². The van der Waals surface area contributed by atoms with Gasteiger partial charge in [-0.25, -0.2) is 14.8 Å². The number of nitrogens with one attached hydrogen (secondary N) is 1. The van der Waals surface area contributed by atoms with Crippen molar-refractivity contribution in [2.45, 2.75) is 57.3 Å². The molecule has 0 spiro atoms. The van der Waals surface area contributed by atoms with Crippen LogP contribution >= 0.6 is 11.8 Å². The zero-order valence-corrected chi connectivity index (χ0v) is 23.2. The highest BCUT2D eigenvalue weighted by molar-refractivity contribution is 7.99. The highest BCUT2D eigenvalue weighted by Gasteiger charge is 2.40. The number of thioether (sulfide) groups is 1. The van der Waals surface area contributed by atoms with Crippen LogP contribution in [0.3, 0.4) is 0 Å². The van der Waals surface area contributed by atoms with E-state index in [1.165, 1.54) is 0 Å². The Morgan fingerprint density at radius 2 is 2.03 bits per heavy atom. The second kappa shape index (κ2) is 10.3. The number of anilines is 1. The Morgan fingerprint density at radius 3 is 2.70 bits per heavy atom. The Bertz CT molecular complexity index is 1050. The van der Waals surface area contributed by atoms with Gasteiger partial charge < -0.3 is 34.6 Å². The molecule has 1 amide bonds. The molecule has 3 atom stereocenters. The topological polar surface area (TPSA) is 96.4 Å². The third-order valence-electron chi connectivity index (χ3n) is 7.34. The number of quaternary nitrogens is 1. The molecule has 10 nitrogen and oxygen atoms in total. The van der Waals surface area contributed by atoms with Gasteiger partial charge in [0, 0.05) is 50.7 Å². The van der Waals surface area contributed by atoms with E-state index < -0.39 is 5.60 Å². The summed E-state index contributed by atoms with van der Waals surface area (Å²) in [4.78, 5) is 28.3. The Labute approximate surface area is 223 Å². The third-order valence-corrected chi connectivity index (χ3v) is 8.02. The summed E-state index contributed by atoms with van der Waals surface area (Å²) >= 11 is 1.67. The predicted molar refractivity (Wildman–Crippen MR) is 147 cm³/mol. The molecule has 2 unspecified atom stereocenters. The lowest BCUT2D eigenvalue weighted by Gasteiger charge is -2.43. The number of pyridine rings is 1. The van der Waals surface area contributed by atoms with Gasteiger partial charge in [-0.3, -0.25) is 0 Å². The summed E-state index contributed by atoms with van der Waals surface area (Å²) in [5, 5.41) is 17.5. The van der Waals surface area contributed by atoms with E-state index in [2.05, 4.69) is 15.1 Å². The molecule has 1 aromatic heterocycles. The summed E-state index contributed by atoms with van der Waals surface area (Å²) in [5.74, 6) is 1.88. The minimum atomic E-state index is -0.494. The van der Waals surface area contributed by atoms with E-state index in [1.807, 2.05) is 51.6 Å². The van der Waals surface area contributed by atoms with Gasteiger partial charge >= 0.3 is 6.09 Å². The molecule has 3 saturated heterocycles. The fourth-order valence-corrected chi connectivity index (χ4v) is 6.03. The number of aliphatic imine (C=N–C) groups is 1. The van der Waals surface area contributed by atoms with Crippen LogP contribution in [0.2, 0.25) is 0 Å². The van der Waals surface area contributed by atoms with Crippen LogP contribution in [0.25, 0.3) is 0 Å². The summed E-state index contributed by atoms with van der Waals surface area (Å²) in [6.07, 6.45) is 7.78. The van der Waals surface area contributed by atoms with Crippen molar-refractivity contribution in [1.82, 2.24) is 20.1 Å². The maximum absolute atomic E-state index is 14.1. The number of amides is 1. The van der Waals surface area contributed by atoms with E-state index in [1.54, 1.807) is 16.7 Å². The summed E-state index contributed by atoms with van der Waals surface area (Å²) in [7, 11) is 0. The molecule has 4 aliphatic heterocycles. The number of fused-ring (bicyclic) bond motifs is 3. The van der Waals surface area contributed by atoms with Crippen LogP contribution in [0.15, 0.2) is 35.1 Å². The lowest BCUT2D eigenvalue weighted by Crippen LogP contribution is -2.50. The predicted octanol–water partition coefficient (Wildman–Crippen LogP) is 2.96. The maximum atomic E-state index is 14.1. The number of hydroxylamine groups is 3. The lowest BCUT2D eigenvalue weighted by molar-refractivity contribution is -0.889. The lowest BCUT2D eigenvalue weighted by atomic mass is 10.1. The first-order valence-electron chi connectivity index (χ1n) is 13.2. The Kier molecular flexibility index (Phi) is 7.30. The molecular weight excluding hydrogens is 490 g/mol. The van der Waals surface area contributed by atoms with Crippen molar-refractivity contribution < 1.29 is 14.2 Å². The van der Waals surface area contributed by atoms with Crippen molar-refractivity contribution in [3.63, 3.8) is 0 Å². The van der Waals surface area contributed by atoms with E-state index in [4.69, 9.17) is 14.7 Å². The summed E-state index contributed by atoms with van der Waals surface area (Å²) in [6, 6.07) is 4.27. The number of aromatic nitrogens is 1. The molecule has 1 aromatic rings. The molecule has 3 fully saturated rings. The molecule has 5 heterocycles. The molecule has 4 aliphatic rings. The van der Waals surface area contributed by atoms with Gasteiger partial charge in [-0.15, -0.1) is 11.8 Å². The second-order valence-corrected chi connectivity index (χ2v) is 12.3. The average molecular weight is 530 g/mol. The van der Waals surface area contributed by atoms with Crippen LogP contribution in [0, 0.1) is 5.21 Å². The number of amidine groups is 1. The number of carbonyl (C=O) groups is 1. The number of ether oxygens (including phenoxy) is 1. The van der Waals surface area contributed by atoms with Crippen molar-refractivity contribution in [3.05, 3.63) is 40.9 Å². The normalized spacial score (nSPS) is 28.0. The number of piperazine rings is 1. The number of nitrogens with zero attached hydrogens (tertiary/aromatic N) is 6. The van der Waals surface area contributed by atoms with Crippen LogP contribution in [0.4, 0.5) is 10.6 Å². The van der Waals surface area contributed by atoms with E-state index in [9.17, 15) is 10.0 Å². The monoisotopic (exact) mass is 529 g/mol. The number of hydrogen-bond acceptors (Lipinski definition) is 9. The van der Waals surface area contributed by atoms with Crippen LogP contribution in [-0.2, 0) is 11.3 Å².